The molecule has 2 aromatic heterocycles. The molecule has 2 N–H and O–H groups in total. The lowest BCUT2D eigenvalue weighted by molar-refractivity contribution is -0.142. The van der Waals surface area contributed by atoms with E-state index in [1.807, 2.05) is 0 Å². The number of H-pyrrole nitrogens is 2. The Bertz CT molecular complexity index is 1090. The van der Waals surface area contributed by atoms with Gasteiger partial charge in [-0.25, -0.2) is 4.79 Å². The number of carbonyl (C=O) groups excluding carboxylic acids is 1. The van der Waals surface area contributed by atoms with E-state index < -0.39 is 16.5 Å². The molecule has 152 valence electrons. The van der Waals surface area contributed by atoms with E-state index in [4.69, 9.17) is 16.3 Å². The Morgan fingerprint density at radius 2 is 1.97 bits per heavy atom. The van der Waals surface area contributed by atoms with E-state index in [0.717, 1.165) is 5.69 Å². The Morgan fingerprint density at radius 3 is 2.62 bits per heavy atom. The molecule has 3 aromatic rings. The number of rotatable bonds is 7. The van der Waals surface area contributed by atoms with Crippen LogP contribution in [-0.4, -0.2) is 42.6 Å². The van der Waals surface area contributed by atoms with E-state index in [-0.39, 0.29) is 19.0 Å². The predicted molar refractivity (Wildman–Crippen MR) is 109 cm³/mol. The molecule has 0 amide bonds. The molecule has 0 bridgehead atoms. The number of nitrogens with one attached hydrogen (secondary N) is 2. The van der Waals surface area contributed by atoms with Crippen molar-refractivity contribution in [2.45, 2.75) is 30.7 Å². The molecule has 2 heterocycles. The van der Waals surface area contributed by atoms with Crippen LogP contribution in [0.25, 0.3) is 5.69 Å². The average Bonchev–Trinajstić information content (AvgIpc) is 3.03. The molecule has 9 nitrogen and oxygen atoms in total. The molecule has 0 radical (unpaired) electrons. The molecule has 1 aromatic carbocycles. The second kappa shape index (κ2) is 9.10. The summed E-state index contributed by atoms with van der Waals surface area (Å²) in [6.45, 7) is 3.75. The van der Waals surface area contributed by atoms with Crippen molar-refractivity contribution in [1.82, 2.24) is 24.7 Å². The number of carbonyl (C=O) groups is 1. The zero-order valence-electron chi connectivity index (χ0n) is 15.6. The fourth-order valence-electron chi connectivity index (χ4n) is 2.59. The average molecular weight is 436 g/mol. The van der Waals surface area contributed by atoms with Crippen LogP contribution in [-0.2, 0) is 16.0 Å². The van der Waals surface area contributed by atoms with Crippen LogP contribution in [0.5, 0.6) is 0 Å². The molecule has 0 saturated carbocycles. The zero-order chi connectivity index (χ0) is 21.0. The van der Waals surface area contributed by atoms with Gasteiger partial charge in [0.15, 0.2) is 5.16 Å². The number of thioether (sulfide) groups is 1. The van der Waals surface area contributed by atoms with Crippen molar-refractivity contribution in [2.24, 2.45) is 0 Å². The number of aromatic amines is 2. The van der Waals surface area contributed by atoms with E-state index >= 15 is 0 Å². The maximum Gasteiger partial charge on any atom is 0.325 e. The SMILES string of the molecule is CCOC(=O)[C@H](C)Sc1nnc(Cc2cc(=O)[nH]c(=O)[nH]2)n1-c1ccc(Cl)cc1. The fourth-order valence-corrected chi connectivity index (χ4v) is 3.60. The first kappa shape index (κ1) is 20.9. The third kappa shape index (κ3) is 5.15. The van der Waals surface area contributed by atoms with Crippen LogP contribution in [0.1, 0.15) is 25.4 Å². The highest BCUT2D eigenvalue weighted by atomic mass is 35.5. The summed E-state index contributed by atoms with van der Waals surface area (Å²) in [7, 11) is 0. The van der Waals surface area contributed by atoms with Gasteiger partial charge in [-0.2, -0.15) is 0 Å². The van der Waals surface area contributed by atoms with Crippen molar-refractivity contribution in [1.29, 1.82) is 0 Å². The Kier molecular flexibility index (Phi) is 6.55. The fraction of sp³-hybridized carbons (Fsp3) is 0.278. The first-order valence-corrected chi connectivity index (χ1v) is 9.99. The molecular weight excluding hydrogens is 418 g/mol. The molecular formula is C18H18ClN5O4S. The zero-order valence-corrected chi connectivity index (χ0v) is 17.2. The van der Waals surface area contributed by atoms with E-state index in [9.17, 15) is 14.4 Å². The van der Waals surface area contributed by atoms with Gasteiger partial charge in [-0.05, 0) is 38.1 Å². The van der Waals surface area contributed by atoms with Gasteiger partial charge in [0.1, 0.15) is 11.1 Å². The molecule has 11 heteroatoms. The third-order valence-electron chi connectivity index (χ3n) is 3.85. The Hall–Kier alpha value is -2.85. The maximum absolute atomic E-state index is 12.0. The number of hydrogen-bond acceptors (Lipinski definition) is 7. The number of halogens is 1. The minimum absolute atomic E-state index is 0.156. The lowest BCUT2D eigenvalue weighted by Crippen LogP contribution is -2.23. The van der Waals surface area contributed by atoms with Gasteiger partial charge < -0.3 is 9.72 Å². The number of nitrogens with zero attached hydrogens (tertiary/aromatic N) is 3. The van der Waals surface area contributed by atoms with Crippen LogP contribution < -0.4 is 11.2 Å². The van der Waals surface area contributed by atoms with E-state index in [1.54, 1.807) is 42.7 Å². The molecule has 0 aliphatic carbocycles. The minimum Gasteiger partial charge on any atom is -0.465 e. The van der Waals surface area contributed by atoms with E-state index in [1.165, 1.54) is 17.8 Å². The van der Waals surface area contributed by atoms with Gasteiger partial charge in [-0.15, -0.1) is 10.2 Å². The van der Waals surface area contributed by atoms with Crippen molar-refractivity contribution in [3.05, 3.63) is 67.7 Å². The number of esters is 1. The molecule has 1 atom stereocenters. The summed E-state index contributed by atoms with van der Waals surface area (Å²) in [6.07, 6.45) is 0.156. The molecule has 0 fully saturated rings. The highest BCUT2D eigenvalue weighted by molar-refractivity contribution is 8.00. The smallest absolute Gasteiger partial charge is 0.325 e. The summed E-state index contributed by atoms with van der Waals surface area (Å²) >= 11 is 7.19. The summed E-state index contributed by atoms with van der Waals surface area (Å²) < 4.78 is 6.80. The first-order valence-electron chi connectivity index (χ1n) is 8.73. The number of benzene rings is 1. The monoisotopic (exact) mass is 435 g/mol. The molecule has 29 heavy (non-hydrogen) atoms. The summed E-state index contributed by atoms with van der Waals surface area (Å²) in [4.78, 5) is 39.9. The van der Waals surface area contributed by atoms with Crippen LogP contribution in [0.2, 0.25) is 5.02 Å². The second-order valence-corrected chi connectivity index (χ2v) is 7.76. The molecule has 0 aliphatic heterocycles. The van der Waals surface area contributed by atoms with E-state index in [2.05, 4.69) is 20.2 Å². The quantitative estimate of drug-likeness (QED) is 0.429. The van der Waals surface area contributed by atoms with Gasteiger partial charge in [0.2, 0.25) is 0 Å². The maximum atomic E-state index is 12.0. The van der Waals surface area contributed by atoms with Crippen LogP contribution in [0, 0.1) is 0 Å². The molecule has 0 saturated heterocycles. The summed E-state index contributed by atoms with van der Waals surface area (Å²) in [5.41, 5.74) is -0.000990. The van der Waals surface area contributed by atoms with Crippen LogP contribution in [0.4, 0.5) is 0 Å². The Labute approximate surface area is 174 Å². The standard InChI is InChI=1S/C18H18ClN5O4S/c1-3-28-16(26)10(2)29-18-23-22-14(8-12-9-15(25)21-17(27)20-12)24(18)13-6-4-11(19)5-7-13/h4-7,9-10H,3,8H2,1-2H3,(H2,20,21,25,27)/t10-/m0/s1. The normalized spacial score (nSPS) is 12.0. The summed E-state index contributed by atoms with van der Waals surface area (Å²) in [5, 5.41) is 8.93. The Balaban J connectivity index is 2.01. The van der Waals surface area contributed by atoms with Crippen molar-refractivity contribution < 1.29 is 9.53 Å². The topological polar surface area (TPSA) is 123 Å². The van der Waals surface area contributed by atoms with Gasteiger partial charge in [-0.1, -0.05) is 23.4 Å². The molecule has 0 unspecified atom stereocenters. The van der Waals surface area contributed by atoms with Gasteiger partial charge in [0, 0.05) is 28.9 Å². The largest absolute Gasteiger partial charge is 0.465 e. The highest BCUT2D eigenvalue weighted by Gasteiger charge is 2.22. The van der Waals surface area contributed by atoms with Crippen LogP contribution >= 0.6 is 23.4 Å². The third-order valence-corrected chi connectivity index (χ3v) is 5.12. The van der Waals surface area contributed by atoms with Gasteiger partial charge in [0.05, 0.1) is 6.61 Å². The Morgan fingerprint density at radius 1 is 1.24 bits per heavy atom. The number of hydrogen-bond donors (Lipinski definition) is 2. The van der Waals surface area contributed by atoms with Crippen LogP contribution in [0.15, 0.2) is 45.1 Å². The van der Waals surface area contributed by atoms with Crippen molar-refractivity contribution in [2.75, 3.05) is 6.61 Å². The van der Waals surface area contributed by atoms with Gasteiger partial charge >= 0.3 is 11.7 Å². The highest BCUT2D eigenvalue weighted by Crippen LogP contribution is 2.27. The minimum atomic E-state index is -0.601. The van der Waals surface area contributed by atoms with Crippen molar-refractivity contribution in [3.8, 4) is 5.69 Å². The lowest BCUT2D eigenvalue weighted by atomic mass is 10.2. The van der Waals surface area contributed by atoms with Gasteiger partial charge in [-0.3, -0.25) is 19.1 Å². The first-order chi connectivity index (χ1) is 13.9. The number of ether oxygens (including phenoxy) is 1. The summed E-state index contributed by atoms with van der Waals surface area (Å²) in [5.74, 6) is 0.121. The molecule has 0 aliphatic rings. The summed E-state index contributed by atoms with van der Waals surface area (Å²) in [6, 6.07) is 8.30. The molecule has 0 spiro atoms. The van der Waals surface area contributed by atoms with Crippen molar-refractivity contribution >= 4 is 29.3 Å². The lowest BCUT2D eigenvalue weighted by Gasteiger charge is -2.13. The number of aromatic nitrogens is 5. The van der Waals surface area contributed by atoms with Crippen molar-refractivity contribution in [3.63, 3.8) is 0 Å². The predicted octanol–water partition coefficient (Wildman–Crippen LogP) is 1.93. The molecule has 3 rings (SSSR count). The van der Waals surface area contributed by atoms with E-state index in [0.29, 0.717) is 21.7 Å². The second-order valence-electron chi connectivity index (χ2n) is 6.01. The van der Waals surface area contributed by atoms with Gasteiger partial charge in [0.25, 0.3) is 5.56 Å². The van der Waals surface area contributed by atoms with Crippen LogP contribution in [0.3, 0.4) is 0 Å².